The first-order valence-corrected chi connectivity index (χ1v) is 12.9. The number of nitrogens with zero attached hydrogens (tertiary/aromatic N) is 5. The first-order chi connectivity index (χ1) is 17.3. The lowest BCUT2D eigenvalue weighted by Gasteiger charge is -2.36. The number of tetrazole rings is 1. The molecule has 0 saturated carbocycles. The third-order valence-corrected chi connectivity index (χ3v) is 7.47. The number of ether oxygens (including phenoxy) is 3. The first kappa shape index (κ1) is 24.7. The van der Waals surface area contributed by atoms with E-state index in [-0.39, 0.29) is 36.0 Å². The highest BCUT2D eigenvalue weighted by Crippen LogP contribution is 2.36. The zero-order chi connectivity index (χ0) is 25.4. The molecule has 10 heteroatoms. The minimum atomic E-state index is -0.232. The molecule has 0 amide bonds. The van der Waals surface area contributed by atoms with E-state index in [0.717, 1.165) is 42.6 Å². The number of aromatic amines is 1. The molecule has 5 rings (SSSR count). The van der Waals surface area contributed by atoms with Crippen molar-refractivity contribution in [2.24, 2.45) is 5.92 Å². The molecule has 0 unspecified atom stereocenters. The number of rotatable bonds is 9. The molecule has 0 aliphatic carbocycles. The zero-order valence-corrected chi connectivity index (χ0v) is 21.8. The molecule has 4 heterocycles. The van der Waals surface area contributed by atoms with Crippen LogP contribution in [0, 0.1) is 5.92 Å². The number of pyridine rings is 1. The average molecular weight is 497 g/mol. The van der Waals surface area contributed by atoms with Gasteiger partial charge in [-0.05, 0) is 61.6 Å². The van der Waals surface area contributed by atoms with Gasteiger partial charge in [0.1, 0.15) is 0 Å². The standard InChI is InChI=1S/C26H36N6O4/c1-6-26(4,5)32-24(28-29-30-32)23(16(2)3)31(14-19-8-7-9-34-19)13-18-10-17-11-21-22(36-15-35-21)12-20(17)27-25(18)33/h10-12,16,19,23H,6-9,13-15H2,1-5H3,(H,27,33)/t19-,23+/m0/s1. The van der Waals surface area contributed by atoms with E-state index in [1.54, 1.807) is 0 Å². The van der Waals surface area contributed by atoms with E-state index in [1.165, 1.54) is 0 Å². The van der Waals surface area contributed by atoms with Crippen molar-refractivity contribution in [2.45, 2.75) is 78.1 Å². The van der Waals surface area contributed by atoms with Gasteiger partial charge in [0.25, 0.3) is 5.56 Å². The van der Waals surface area contributed by atoms with Gasteiger partial charge in [-0.2, -0.15) is 0 Å². The van der Waals surface area contributed by atoms with Crippen LogP contribution in [0.4, 0.5) is 0 Å². The summed E-state index contributed by atoms with van der Waals surface area (Å²) in [7, 11) is 0. The van der Waals surface area contributed by atoms with Gasteiger partial charge in [0, 0.05) is 36.7 Å². The van der Waals surface area contributed by atoms with E-state index >= 15 is 0 Å². The lowest BCUT2D eigenvalue weighted by molar-refractivity contribution is 0.0368. The Morgan fingerprint density at radius 3 is 2.69 bits per heavy atom. The number of hydrogen-bond acceptors (Lipinski definition) is 8. The van der Waals surface area contributed by atoms with Gasteiger partial charge in [-0.1, -0.05) is 20.8 Å². The van der Waals surface area contributed by atoms with Crippen LogP contribution >= 0.6 is 0 Å². The molecule has 0 spiro atoms. The number of fused-ring (bicyclic) bond motifs is 2. The SMILES string of the molecule is CCC(C)(C)n1nnnc1[C@@H](C(C)C)N(Cc1cc2cc3c(cc2[nH]c1=O)OCO3)C[C@@H]1CCCO1. The Morgan fingerprint density at radius 2 is 2.00 bits per heavy atom. The fraction of sp³-hybridized carbons (Fsp3) is 0.615. The van der Waals surface area contributed by atoms with Gasteiger partial charge < -0.3 is 19.2 Å². The van der Waals surface area contributed by atoms with Crippen LogP contribution < -0.4 is 15.0 Å². The van der Waals surface area contributed by atoms with E-state index < -0.39 is 0 Å². The van der Waals surface area contributed by atoms with Crippen LogP contribution in [0.5, 0.6) is 11.5 Å². The average Bonchev–Trinajstić information content (AvgIpc) is 3.60. The maximum Gasteiger partial charge on any atom is 0.252 e. The Hall–Kier alpha value is -2.98. The Labute approximate surface area is 210 Å². The van der Waals surface area contributed by atoms with E-state index in [4.69, 9.17) is 14.2 Å². The highest BCUT2D eigenvalue weighted by Gasteiger charge is 2.35. The quantitative estimate of drug-likeness (QED) is 0.477. The second-order valence-corrected chi connectivity index (χ2v) is 10.8. The number of nitrogens with one attached hydrogen (secondary N) is 1. The van der Waals surface area contributed by atoms with Crippen molar-refractivity contribution in [2.75, 3.05) is 19.9 Å². The van der Waals surface area contributed by atoms with Crippen molar-refractivity contribution < 1.29 is 14.2 Å². The number of aromatic nitrogens is 5. The minimum absolute atomic E-state index is 0.0955. The molecular formula is C26H36N6O4. The molecule has 2 aliphatic rings. The van der Waals surface area contributed by atoms with Crippen molar-refractivity contribution in [1.29, 1.82) is 0 Å². The minimum Gasteiger partial charge on any atom is -0.454 e. The Balaban J connectivity index is 1.54. The maximum absolute atomic E-state index is 13.2. The summed E-state index contributed by atoms with van der Waals surface area (Å²) in [5, 5.41) is 13.9. The number of H-pyrrole nitrogens is 1. The molecule has 2 aliphatic heterocycles. The third-order valence-electron chi connectivity index (χ3n) is 7.47. The van der Waals surface area contributed by atoms with Crippen LogP contribution in [-0.4, -0.2) is 56.1 Å². The second kappa shape index (κ2) is 9.82. The summed E-state index contributed by atoms with van der Waals surface area (Å²) in [4.78, 5) is 18.6. The molecule has 194 valence electrons. The molecule has 3 aromatic rings. The molecular weight excluding hydrogens is 460 g/mol. The van der Waals surface area contributed by atoms with Gasteiger partial charge in [-0.3, -0.25) is 9.69 Å². The molecule has 36 heavy (non-hydrogen) atoms. The monoisotopic (exact) mass is 496 g/mol. The van der Waals surface area contributed by atoms with Gasteiger partial charge in [0.2, 0.25) is 6.79 Å². The Morgan fingerprint density at radius 1 is 1.22 bits per heavy atom. The lowest BCUT2D eigenvalue weighted by Crippen LogP contribution is -2.41. The first-order valence-electron chi connectivity index (χ1n) is 12.9. The molecule has 0 radical (unpaired) electrons. The van der Waals surface area contributed by atoms with Gasteiger partial charge >= 0.3 is 0 Å². The van der Waals surface area contributed by atoms with E-state index in [9.17, 15) is 4.79 Å². The molecule has 2 aromatic heterocycles. The fourth-order valence-electron chi connectivity index (χ4n) is 5.15. The maximum atomic E-state index is 13.2. The fourth-order valence-corrected chi connectivity index (χ4v) is 5.15. The second-order valence-electron chi connectivity index (χ2n) is 10.8. The van der Waals surface area contributed by atoms with Crippen LogP contribution in [0.15, 0.2) is 23.0 Å². The van der Waals surface area contributed by atoms with Crippen molar-refractivity contribution in [3.05, 3.63) is 39.9 Å². The molecule has 1 saturated heterocycles. The van der Waals surface area contributed by atoms with Crippen LogP contribution in [0.3, 0.4) is 0 Å². The van der Waals surface area contributed by atoms with Crippen molar-refractivity contribution in [1.82, 2.24) is 30.1 Å². The molecule has 10 nitrogen and oxygen atoms in total. The normalized spacial score (nSPS) is 18.6. The molecule has 1 fully saturated rings. The van der Waals surface area contributed by atoms with E-state index in [2.05, 4.69) is 60.0 Å². The highest BCUT2D eigenvalue weighted by atomic mass is 16.7. The van der Waals surface area contributed by atoms with E-state index in [0.29, 0.717) is 30.2 Å². The van der Waals surface area contributed by atoms with Crippen molar-refractivity contribution in [3.8, 4) is 11.5 Å². The molecule has 2 atom stereocenters. The van der Waals surface area contributed by atoms with E-state index in [1.807, 2.05) is 22.9 Å². The number of hydrogen-bond donors (Lipinski definition) is 1. The van der Waals surface area contributed by atoms with Crippen LogP contribution in [-0.2, 0) is 16.8 Å². The smallest absolute Gasteiger partial charge is 0.252 e. The Bertz CT molecular complexity index is 1280. The zero-order valence-electron chi connectivity index (χ0n) is 21.8. The Kier molecular flexibility index (Phi) is 6.74. The van der Waals surface area contributed by atoms with Gasteiger partial charge in [0.15, 0.2) is 17.3 Å². The summed E-state index contributed by atoms with van der Waals surface area (Å²) < 4.78 is 19.0. The summed E-state index contributed by atoms with van der Waals surface area (Å²) in [5.41, 5.74) is 1.06. The molecule has 1 N–H and O–H groups in total. The highest BCUT2D eigenvalue weighted by molar-refractivity contribution is 5.83. The lowest BCUT2D eigenvalue weighted by atomic mass is 9.97. The summed E-state index contributed by atoms with van der Waals surface area (Å²) in [6.07, 6.45) is 3.06. The topological polar surface area (TPSA) is 107 Å². The predicted octanol–water partition coefficient (Wildman–Crippen LogP) is 3.77. The van der Waals surface area contributed by atoms with Crippen LogP contribution in [0.1, 0.15) is 71.3 Å². The molecule has 0 bridgehead atoms. The van der Waals surface area contributed by atoms with Gasteiger partial charge in [-0.25, -0.2) is 4.68 Å². The van der Waals surface area contributed by atoms with Crippen molar-refractivity contribution >= 4 is 10.9 Å². The van der Waals surface area contributed by atoms with Gasteiger partial charge in [0.05, 0.1) is 23.2 Å². The summed E-state index contributed by atoms with van der Waals surface area (Å²) in [6.45, 7) is 12.9. The number of benzene rings is 1. The van der Waals surface area contributed by atoms with Gasteiger partial charge in [-0.15, -0.1) is 5.10 Å². The molecule has 1 aromatic carbocycles. The van der Waals surface area contributed by atoms with Crippen LogP contribution in [0.2, 0.25) is 0 Å². The third kappa shape index (κ3) is 4.71. The van der Waals surface area contributed by atoms with Crippen LogP contribution in [0.25, 0.3) is 10.9 Å². The van der Waals surface area contributed by atoms with Crippen molar-refractivity contribution in [3.63, 3.8) is 0 Å². The largest absolute Gasteiger partial charge is 0.454 e. The summed E-state index contributed by atoms with van der Waals surface area (Å²) >= 11 is 0. The predicted molar refractivity (Wildman–Crippen MR) is 135 cm³/mol. The summed E-state index contributed by atoms with van der Waals surface area (Å²) in [6, 6.07) is 5.60. The summed E-state index contributed by atoms with van der Waals surface area (Å²) in [5.74, 6) is 2.36.